The zero-order valence-electron chi connectivity index (χ0n) is 23.4. The number of nitrogens with zero attached hydrogens (tertiary/aromatic N) is 7. The smallest absolute Gasteiger partial charge is 0.225 e. The van der Waals surface area contributed by atoms with Crippen molar-refractivity contribution in [1.82, 2.24) is 24.8 Å². The molecule has 2 aromatic heterocycles. The van der Waals surface area contributed by atoms with Gasteiger partial charge in [0.2, 0.25) is 5.95 Å². The van der Waals surface area contributed by atoms with Crippen molar-refractivity contribution >= 4 is 34.3 Å². The van der Waals surface area contributed by atoms with E-state index >= 15 is 0 Å². The average Bonchev–Trinajstić information content (AvgIpc) is 2.93. The van der Waals surface area contributed by atoms with Crippen LogP contribution in [0.1, 0.15) is 40.9 Å². The number of Topliss-reactive ketones (excluding diaryl/α,β-unsaturated/α-hetero) is 1. The summed E-state index contributed by atoms with van der Waals surface area (Å²) in [4.78, 5) is 35.3. The monoisotopic (exact) mass is 522 g/mol. The molecule has 9 heteroatoms. The van der Waals surface area contributed by atoms with Gasteiger partial charge in [-0.15, -0.1) is 0 Å². The molecule has 0 aliphatic heterocycles. The topological polar surface area (TPSA) is 111 Å². The van der Waals surface area contributed by atoms with Crippen molar-refractivity contribution in [1.29, 1.82) is 5.26 Å². The molecule has 0 spiro atoms. The van der Waals surface area contributed by atoms with Crippen molar-refractivity contribution in [2.45, 2.75) is 32.6 Å². The minimum absolute atomic E-state index is 0.00831. The van der Waals surface area contributed by atoms with Crippen LogP contribution in [0, 0.1) is 18.3 Å². The Morgan fingerprint density at radius 3 is 2.59 bits per heavy atom. The Morgan fingerprint density at radius 2 is 1.85 bits per heavy atom. The molecule has 1 N–H and O–H groups in total. The third-order valence-corrected chi connectivity index (χ3v) is 6.69. The van der Waals surface area contributed by atoms with Crippen LogP contribution in [0.5, 0.6) is 0 Å². The maximum Gasteiger partial charge on any atom is 0.225 e. The number of aryl methyl sites for hydroxylation is 1. The predicted octanol–water partition coefficient (Wildman–Crippen LogP) is 4.70. The second-order valence-corrected chi connectivity index (χ2v) is 10.5. The highest BCUT2D eigenvalue weighted by Crippen LogP contribution is 2.27. The van der Waals surface area contributed by atoms with E-state index in [4.69, 9.17) is 4.98 Å². The van der Waals surface area contributed by atoms with E-state index in [1.807, 2.05) is 83.2 Å². The molecule has 0 amide bonds. The molecule has 0 saturated carbocycles. The Hall–Kier alpha value is -4.42. The highest BCUT2D eigenvalue weighted by molar-refractivity contribution is 5.98. The largest absolute Gasteiger partial charge is 0.343 e. The minimum atomic E-state index is -0.665. The first-order valence-electron chi connectivity index (χ1n) is 12.8. The standard InChI is InChI=1S/C30H34N8O/c1-20-10-11-21(15-26(39)22-8-7-9-23(16-22)30(2,3)18-31)14-24(20)35-28-27-25(33-19-34-28)17-32-29(36-27)38(6)13-12-37(4)5/h7-11,14,16-17,19H,12-13,15H2,1-6H3,(H,33,34,35). The summed E-state index contributed by atoms with van der Waals surface area (Å²) in [5.41, 5.74) is 4.73. The van der Waals surface area contributed by atoms with Crippen molar-refractivity contribution in [2.75, 3.05) is 44.4 Å². The van der Waals surface area contributed by atoms with Gasteiger partial charge in [-0.25, -0.2) is 19.9 Å². The van der Waals surface area contributed by atoms with E-state index in [0.29, 0.717) is 28.4 Å². The lowest BCUT2D eigenvalue weighted by Crippen LogP contribution is -2.29. The number of hydrogen-bond acceptors (Lipinski definition) is 9. The van der Waals surface area contributed by atoms with Crippen molar-refractivity contribution in [3.63, 3.8) is 0 Å². The SMILES string of the molecule is Cc1ccc(CC(=O)c2cccc(C(C)(C)C#N)c2)cc1Nc1ncnc2cnc(N(C)CCN(C)C)nc12. The number of likely N-dealkylation sites (N-methyl/N-ethyl adjacent to an activating group) is 2. The first kappa shape index (κ1) is 27.6. The van der Waals surface area contributed by atoms with Gasteiger partial charge in [0.15, 0.2) is 11.6 Å². The molecule has 2 aromatic carbocycles. The van der Waals surface area contributed by atoms with Crippen LogP contribution in [0.25, 0.3) is 11.0 Å². The molecule has 0 fully saturated rings. The zero-order chi connectivity index (χ0) is 28.2. The first-order valence-corrected chi connectivity index (χ1v) is 12.8. The van der Waals surface area contributed by atoms with Crippen LogP contribution in [0.3, 0.4) is 0 Å². The highest BCUT2D eigenvalue weighted by atomic mass is 16.1. The molecule has 4 rings (SSSR count). The van der Waals surface area contributed by atoms with Gasteiger partial charge in [0.25, 0.3) is 0 Å². The number of nitriles is 1. The highest BCUT2D eigenvalue weighted by Gasteiger charge is 2.21. The maximum atomic E-state index is 13.2. The summed E-state index contributed by atoms with van der Waals surface area (Å²) in [5.74, 6) is 1.16. The van der Waals surface area contributed by atoms with Gasteiger partial charge < -0.3 is 15.1 Å². The third kappa shape index (κ3) is 6.54. The summed E-state index contributed by atoms with van der Waals surface area (Å²) < 4.78 is 0. The number of ketones is 1. The van der Waals surface area contributed by atoms with Gasteiger partial charge in [0.1, 0.15) is 17.4 Å². The zero-order valence-corrected chi connectivity index (χ0v) is 23.4. The van der Waals surface area contributed by atoms with Crippen LogP contribution in [0.4, 0.5) is 17.5 Å². The number of benzene rings is 2. The second kappa shape index (κ2) is 11.5. The number of hydrogen-bond donors (Lipinski definition) is 1. The number of fused-ring (bicyclic) bond motifs is 1. The summed E-state index contributed by atoms with van der Waals surface area (Å²) in [6.45, 7) is 7.35. The van der Waals surface area contributed by atoms with E-state index in [1.54, 1.807) is 12.3 Å². The molecule has 0 atom stereocenters. The van der Waals surface area contributed by atoms with Crippen LogP contribution in [0.15, 0.2) is 55.0 Å². The fraction of sp³-hybridized carbons (Fsp3) is 0.333. The molecule has 4 aromatic rings. The van der Waals surface area contributed by atoms with E-state index in [9.17, 15) is 10.1 Å². The van der Waals surface area contributed by atoms with Gasteiger partial charge in [-0.2, -0.15) is 5.26 Å². The molecular weight excluding hydrogens is 488 g/mol. The van der Waals surface area contributed by atoms with Crippen molar-refractivity contribution < 1.29 is 4.79 Å². The molecular formula is C30H34N8O. The Labute approximate surface area is 229 Å². The Bertz CT molecular complexity index is 1540. The Morgan fingerprint density at radius 1 is 1.05 bits per heavy atom. The van der Waals surface area contributed by atoms with E-state index in [1.165, 1.54) is 6.33 Å². The lowest BCUT2D eigenvalue weighted by Gasteiger charge is -2.20. The Balaban J connectivity index is 1.58. The molecule has 0 radical (unpaired) electrons. The predicted molar refractivity (Wildman–Crippen MR) is 155 cm³/mol. The molecule has 0 unspecified atom stereocenters. The van der Waals surface area contributed by atoms with Gasteiger partial charge in [-0.3, -0.25) is 4.79 Å². The number of carbonyl (C=O) groups is 1. The van der Waals surface area contributed by atoms with Crippen LogP contribution in [-0.2, 0) is 11.8 Å². The summed E-state index contributed by atoms with van der Waals surface area (Å²) in [6, 6.07) is 15.5. The summed E-state index contributed by atoms with van der Waals surface area (Å²) in [7, 11) is 6.02. The summed E-state index contributed by atoms with van der Waals surface area (Å²) >= 11 is 0. The molecule has 9 nitrogen and oxygen atoms in total. The second-order valence-electron chi connectivity index (χ2n) is 10.5. The molecule has 0 aliphatic rings. The molecule has 0 saturated heterocycles. The van der Waals surface area contributed by atoms with Gasteiger partial charge in [0.05, 0.1) is 17.7 Å². The third-order valence-electron chi connectivity index (χ3n) is 6.69. The van der Waals surface area contributed by atoms with Gasteiger partial charge >= 0.3 is 0 Å². The maximum absolute atomic E-state index is 13.2. The van der Waals surface area contributed by atoms with Crippen molar-refractivity contribution in [3.05, 3.63) is 77.2 Å². The normalized spacial score (nSPS) is 11.4. The van der Waals surface area contributed by atoms with Crippen LogP contribution < -0.4 is 10.2 Å². The number of carbonyl (C=O) groups excluding carboxylic acids is 1. The number of anilines is 3. The fourth-order valence-corrected chi connectivity index (χ4v) is 4.04. The van der Waals surface area contributed by atoms with Crippen LogP contribution >= 0.6 is 0 Å². The van der Waals surface area contributed by atoms with Crippen molar-refractivity contribution in [3.8, 4) is 6.07 Å². The lowest BCUT2D eigenvalue weighted by molar-refractivity contribution is 0.0993. The Kier molecular flexibility index (Phi) is 8.17. The van der Waals surface area contributed by atoms with E-state index < -0.39 is 5.41 Å². The molecule has 0 bridgehead atoms. The van der Waals surface area contributed by atoms with Crippen molar-refractivity contribution in [2.24, 2.45) is 0 Å². The lowest BCUT2D eigenvalue weighted by atomic mass is 9.85. The number of rotatable bonds is 10. The minimum Gasteiger partial charge on any atom is -0.343 e. The van der Waals surface area contributed by atoms with Crippen LogP contribution in [0.2, 0.25) is 0 Å². The average molecular weight is 523 g/mol. The molecule has 0 aliphatic carbocycles. The molecule has 2 heterocycles. The first-order chi connectivity index (χ1) is 18.6. The molecule has 200 valence electrons. The summed E-state index contributed by atoms with van der Waals surface area (Å²) in [6.07, 6.45) is 3.43. The number of nitrogens with one attached hydrogen (secondary N) is 1. The van der Waals surface area contributed by atoms with Gasteiger partial charge in [0, 0.05) is 37.8 Å². The van der Waals surface area contributed by atoms with E-state index in [-0.39, 0.29) is 12.2 Å². The fourth-order valence-electron chi connectivity index (χ4n) is 4.04. The molecule has 39 heavy (non-hydrogen) atoms. The van der Waals surface area contributed by atoms with E-state index in [2.05, 4.69) is 31.2 Å². The van der Waals surface area contributed by atoms with Crippen LogP contribution in [-0.4, -0.2) is 64.9 Å². The summed E-state index contributed by atoms with van der Waals surface area (Å²) in [5, 5.41) is 12.9. The quantitative estimate of drug-likeness (QED) is 0.296. The van der Waals surface area contributed by atoms with Gasteiger partial charge in [-0.1, -0.05) is 30.3 Å². The van der Waals surface area contributed by atoms with Gasteiger partial charge in [-0.05, 0) is 63.7 Å². The van der Waals surface area contributed by atoms with E-state index in [0.717, 1.165) is 35.5 Å². The number of aromatic nitrogens is 4.